The van der Waals surface area contributed by atoms with Crippen LogP contribution in [0.15, 0.2) is 11.6 Å². The second kappa shape index (κ2) is 7.55. The van der Waals surface area contributed by atoms with Crippen LogP contribution < -0.4 is 4.89 Å². The van der Waals surface area contributed by atoms with Gasteiger partial charge in [-0.3, -0.25) is 4.57 Å². The maximum absolute atomic E-state index is 11.7. The lowest BCUT2D eigenvalue weighted by Gasteiger charge is -2.31. The largest absolute Gasteiger partial charge is 0.766 e. The molecule has 1 rings (SSSR count). The van der Waals surface area contributed by atoms with E-state index in [1.807, 2.05) is 0 Å². The molecule has 0 aromatic carbocycles. The Bertz CT molecular complexity index is 292. The van der Waals surface area contributed by atoms with Crippen molar-refractivity contribution < 1.29 is 14.0 Å². The van der Waals surface area contributed by atoms with Crippen molar-refractivity contribution >= 4 is 19.3 Å². The Morgan fingerprint density at radius 1 is 1.35 bits per heavy atom. The third-order valence-corrected chi connectivity index (χ3v) is 4.57. The molecule has 0 aromatic heterocycles. The summed E-state index contributed by atoms with van der Waals surface area (Å²) in [4.78, 5) is 11.7. The van der Waals surface area contributed by atoms with Crippen LogP contribution in [0, 0.1) is 0 Å². The van der Waals surface area contributed by atoms with Crippen LogP contribution in [0.2, 0.25) is 0 Å². The summed E-state index contributed by atoms with van der Waals surface area (Å²) in [6.45, 7) is 5.08. The highest BCUT2D eigenvalue weighted by Crippen LogP contribution is 2.44. The average Bonchev–Trinajstić information content (AvgIpc) is 2.76. The first-order valence-electron chi connectivity index (χ1n) is 6.06. The number of allylic oxidation sites excluding steroid dienone is 1. The van der Waals surface area contributed by atoms with E-state index in [1.54, 1.807) is 0 Å². The molecule has 0 radical (unpaired) electrons. The number of nitrogens with zero attached hydrogens (tertiary/aromatic N) is 1. The van der Waals surface area contributed by atoms with Crippen LogP contribution in [-0.2, 0) is 9.09 Å². The number of hydrogen-bond acceptors (Lipinski definition) is 3. The van der Waals surface area contributed by atoms with Gasteiger partial charge in [0.25, 0.3) is 0 Å². The topological polar surface area (TPSA) is 52.6 Å². The summed E-state index contributed by atoms with van der Waals surface area (Å²) in [5.74, 6) is 0. The normalized spacial score (nSPS) is 20.4. The van der Waals surface area contributed by atoms with Crippen LogP contribution in [0.4, 0.5) is 0 Å². The van der Waals surface area contributed by atoms with Crippen molar-refractivity contribution in [1.29, 1.82) is 0 Å². The Kier molecular flexibility index (Phi) is 6.75. The van der Waals surface area contributed by atoms with Crippen LogP contribution in [-0.4, -0.2) is 24.4 Å². The van der Waals surface area contributed by atoms with E-state index in [4.69, 9.17) is 16.1 Å². The zero-order chi connectivity index (χ0) is 12.7. The third kappa shape index (κ3) is 6.03. The molecule has 0 aromatic rings. The van der Waals surface area contributed by atoms with Gasteiger partial charge in [-0.15, -0.1) is 0 Å². The number of unbranched alkanes of at least 4 members (excludes halogenated alkanes) is 2. The van der Waals surface area contributed by atoms with Crippen LogP contribution in [0.1, 0.15) is 38.5 Å². The van der Waals surface area contributed by atoms with E-state index in [9.17, 15) is 9.46 Å². The number of hydrogen-bond donors (Lipinski definition) is 0. The van der Waals surface area contributed by atoms with Gasteiger partial charge in [-0.05, 0) is 32.1 Å². The van der Waals surface area contributed by atoms with Crippen molar-refractivity contribution in [3.63, 3.8) is 0 Å². The molecule has 1 fully saturated rings. The Hall–Kier alpha value is 0.140. The van der Waals surface area contributed by atoms with Crippen LogP contribution in [0.3, 0.4) is 0 Å². The quantitative estimate of drug-likeness (QED) is 0.507. The van der Waals surface area contributed by atoms with Crippen LogP contribution in [0.5, 0.6) is 0 Å². The first kappa shape index (κ1) is 15.2. The van der Waals surface area contributed by atoms with E-state index >= 15 is 0 Å². The zero-order valence-corrected chi connectivity index (χ0v) is 11.7. The molecule has 0 bridgehead atoms. The van der Waals surface area contributed by atoms with Gasteiger partial charge in [-0.1, -0.05) is 24.6 Å². The van der Waals surface area contributed by atoms with Crippen molar-refractivity contribution in [2.75, 3.05) is 19.7 Å². The monoisotopic (exact) mass is 280 g/mol. The molecule has 17 heavy (non-hydrogen) atoms. The average molecular weight is 281 g/mol. The van der Waals surface area contributed by atoms with Gasteiger partial charge in [0.2, 0.25) is 7.75 Å². The van der Waals surface area contributed by atoms with Crippen molar-refractivity contribution in [3.8, 4) is 0 Å². The van der Waals surface area contributed by atoms with Gasteiger partial charge >= 0.3 is 0 Å². The van der Waals surface area contributed by atoms with Gasteiger partial charge in [0.05, 0.1) is 6.61 Å². The van der Waals surface area contributed by atoms with E-state index in [2.05, 4.69) is 6.58 Å². The fourth-order valence-corrected chi connectivity index (χ4v) is 3.23. The van der Waals surface area contributed by atoms with Gasteiger partial charge in [-0.2, -0.15) is 0 Å². The van der Waals surface area contributed by atoms with E-state index < -0.39 is 7.75 Å². The second-order valence-electron chi connectivity index (χ2n) is 4.29. The van der Waals surface area contributed by atoms with E-state index in [0.29, 0.717) is 18.1 Å². The summed E-state index contributed by atoms with van der Waals surface area (Å²) < 4.78 is 18.1. The first-order valence-corrected chi connectivity index (χ1v) is 7.94. The highest BCUT2D eigenvalue weighted by atomic mass is 35.5. The molecular formula is C11H20ClNO3P-. The molecule has 0 amide bonds. The lowest BCUT2D eigenvalue weighted by Crippen LogP contribution is -2.25. The molecule has 0 spiro atoms. The molecule has 4 nitrogen and oxygen atoms in total. The Morgan fingerprint density at radius 2 is 2.00 bits per heavy atom. The third-order valence-electron chi connectivity index (χ3n) is 2.78. The first-order chi connectivity index (χ1) is 8.02. The summed E-state index contributed by atoms with van der Waals surface area (Å²) in [5, 5.41) is 0.650. The molecule has 1 atom stereocenters. The maximum atomic E-state index is 11.7. The van der Waals surface area contributed by atoms with Crippen molar-refractivity contribution in [2.45, 2.75) is 38.5 Å². The summed E-state index contributed by atoms with van der Waals surface area (Å²) >= 11 is 5.62. The van der Waals surface area contributed by atoms with Gasteiger partial charge in [0, 0.05) is 18.1 Å². The zero-order valence-electron chi connectivity index (χ0n) is 10.1. The fraction of sp³-hybridized carbons (Fsp3) is 0.818. The maximum Gasteiger partial charge on any atom is 0.207 e. The molecule has 0 saturated carbocycles. The number of rotatable bonds is 8. The summed E-state index contributed by atoms with van der Waals surface area (Å²) in [6, 6.07) is 0. The Labute approximate surface area is 108 Å². The molecule has 1 unspecified atom stereocenters. The minimum absolute atomic E-state index is 0.270. The van der Waals surface area contributed by atoms with Crippen LogP contribution >= 0.6 is 19.3 Å². The highest BCUT2D eigenvalue weighted by molar-refractivity contribution is 7.48. The van der Waals surface area contributed by atoms with E-state index in [0.717, 1.165) is 38.5 Å². The Morgan fingerprint density at radius 3 is 2.59 bits per heavy atom. The predicted molar refractivity (Wildman–Crippen MR) is 67.8 cm³/mol. The highest BCUT2D eigenvalue weighted by Gasteiger charge is 2.23. The molecule has 1 saturated heterocycles. The minimum atomic E-state index is -3.77. The van der Waals surface area contributed by atoms with Gasteiger partial charge in [-0.25, -0.2) is 4.67 Å². The molecule has 6 heteroatoms. The van der Waals surface area contributed by atoms with E-state index in [1.165, 1.54) is 4.67 Å². The van der Waals surface area contributed by atoms with Crippen molar-refractivity contribution in [1.82, 2.24) is 4.67 Å². The van der Waals surface area contributed by atoms with Gasteiger partial charge < -0.3 is 9.42 Å². The minimum Gasteiger partial charge on any atom is -0.766 e. The Balaban J connectivity index is 2.08. The smallest absolute Gasteiger partial charge is 0.207 e. The standard InChI is InChI=1S/C11H21ClNO3P/c1-11(12)7-3-2-6-10-16-17(14,15)13-8-4-5-9-13/h1-10H2,(H,14,15)/p-1. The lowest BCUT2D eigenvalue weighted by molar-refractivity contribution is -0.212. The molecular weight excluding hydrogens is 261 g/mol. The fourth-order valence-electron chi connectivity index (χ4n) is 1.80. The van der Waals surface area contributed by atoms with Crippen molar-refractivity contribution in [3.05, 3.63) is 11.6 Å². The van der Waals surface area contributed by atoms with E-state index in [-0.39, 0.29) is 6.61 Å². The molecule has 1 heterocycles. The van der Waals surface area contributed by atoms with Gasteiger partial charge in [0.1, 0.15) is 0 Å². The number of halogens is 1. The summed E-state index contributed by atoms with van der Waals surface area (Å²) in [5.41, 5.74) is 0. The summed E-state index contributed by atoms with van der Waals surface area (Å²) in [7, 11) is -3.77. The van der Waals surface area contributed by atoms with Gasteiger partial charge in [0.15, 0.2) is 0 Å². The predicted octanol–water partition coefficient (Wildman–Crippen LogP) is 2.88. The van der Waals surface area contributed by atoms with Crippen molar-refractivity contribution in [2.24, 2.45) is 0 Å². The molecule has 1 aliphatic heterocycles. The second-order valence-corrected chi connectivity index (χ2v) is 6.59. The SMILES string of the molecule is C=C(Cl)CCCCCOP(=O)([O-])N1CCCC1. The lowest BCUT2D eigenvalue weighted by atomic mass is 10.2. The summed E-state index contributed by atoms with van der Waals surface area (Å²) in [6.07, 6.45) is 5.23. The van der Waals surface area contributed by atoms with Crippen LogP contribution in [0.25, 0.3) is 0 Å². The molecule has 0 N–H and O–H groups in total. The molecule has 0 aliphatic carbocycles. The molecule has 1 aliphatic rings. The molecule has 100 valence electrons.